The highest BCUT2D eigenvalue weighted by Gasteiger charge is 2.03. The predicted octanol–water partition coefficient (Wildman–Crippen LogP) is 2.55. The van der Waals surface area contributed by atoms with E-state index in [-0.39, 0.29) is 6.61 Å². The summed E-state index contributed by atoms with van der Waals surface area (Å²) in [6, 6.07) is 8.19. The van der Waals surface area contributed by atoms with Crippen molar-refractivity contribution in [3.05, 3.63) is 35.2 Å². The van der Waals surface area contributed by atoms with Gasteiger partial charge in [0.15, 0.2) is 0 Å². The van der Waals surface area contributed by atoms with Gasteiger partial charge >= 0.3 is 5.97 Å². The maximum Gasteiger partial charge on any atom is 0.329 e. The first-order valence-corrected chi connectivity index (χ1v) is 5.90. The van der Waals surface area contributed by atoms with Gasteiger partial charge in [0, 0.05) is 4.70 Å². The average Bonchev–Trinajstić information content (AvgIpc) is 2.68. The monoisotopic (exact) mass is 236 g/mol. The minimum absolute atomic E-state index is 0.220. The number of aliphatic carboxylic acids is 1. The molecule has 1 aromatic carbocycles. The highest BCUT2D eigenvalue weighted by molar-refractivity contribution is 7.17. The molecule has 0 radical (unpaired) electrons. The zero-order valence-electron chi connectivity index (χ0n) is 8.68. The Kier molecular flexibility index (Phi) is 3.54. The molecule has 2 rings (SSSR count). The van der Waals surface area contributed by atoms with Gasteiger partial charge in [-0.05, 0) is 28.8 Å². The Balaban J connectivity index is 1.97. The summed E-state index contributed by atoms with van der Waals surface area (Å²) in [6.45, 7) is 0.231. The van der Waals surface area contributed by atoms with Gasteiger partial charge in [-0.3, -0.25) is 0 Å². The summed E-state index contributed by atoms with van der Waals surface area (Å²) in [5.74, 6) is -0.921. The molecule has 0 aliphatic carbocycles. The number of thiophene rings is 1. The molecule has 0 spiro atoms. The first-order valence-electron chi connectivity index (χ1n) is 5.02. The van der Waals surface area contributed by atoms with Crippen LogP contribution in [0.3, 0.4) is 0 Å². The van der Waals surface area contributed by atoms with Crippen LogP contribution >= 0.6 is 11.3 Å². The number of rotatable bonds is 5. The smallest absolute Gasteiger partial charge is 0.329 e. The SMILES string of the molecule is O=C(O)COCCc1csc2ccccc12. The molecule has 1 N–H and O–H groups in total. The average molecular weight is 236 g/mol. The lowest BCUT2D eigenvalue weighted by Crippen LogP contribution is -2.08. The van der Waals surface area contributed by atoms with Gasteiger partial charge in [-0.25, -0.2) is 4.79 Å². The van der Waals surface area contributed by atoms with Crippen molar-refractivity contribution in [2.24, 2.45) is 0 Å². The van der Waals surface area contributed by atoms with E-state index < -0.39 is 5.97 Å². The first kappa shape index (κ1) is 11.1. The van der Waals surface area contributed by atoms with Crippen molar-refractivity contribution in [2.75, 3.05) is 13.2 Å². The summed E-state index contributed by atoms with van der Waals surface area (Å²) in [6.07, 6.45) is 0.761. The lowest BCUT2D eigenvalue weighted by Gasteiger charge is -2.00. The highest BCUT2D eigenvalue weighted by atomic mass is 32.1. The summed E-state index contributed by atoms with van der Waals surface area (Å²) in [7, 11) is 0. The van der Waals surface area contributed by atoms with Gasteiger partial charge in [0.1, 0.15) is 6.61 Å². The second-order valence-electron chi connectivity index (χ2n) is 3.45. The van der Waals surface area contributed by atoms with Gasteiger partial charge in [0.25, 0.3) is 0 Å². The molecule has 0 fully saturated rings. The van der Waals surface area contributed by atoms with E-state index in [4.69, 9.17) is 9.84 Å². The molecule has 84 valence electrons. The number of ether oxygens (including phenoxy) is 1. The Morgan fingerprint density at radius 1 is 1.38 bits per heavy atom. The number of carboxylic acid groups (broad SMARTS) is 1. The maximum atomic E-state index is 10.3. The largest absolute Gasteiger partial charge is 0.480 e. The zero-order chi connectivity index (χ0) is 11.4. The van der Waals surface area contributed by atoms with E-state index >= 15 is 0 Å². The van der Waals surface area contributed by atoms with Crippen LogP contribution in [-0.4, -0.2) is 24.3 Å². The summed E-state index contributed by atoms with van der Waals surface area (Å²) in [5.41, 5.74) is 1.23. The number of carboxylic acids is 1. The number of fused-ring (bicyclic) bond motifs is 1. The molecule has 0 bridgehead atoms. The fourth-order valence-corrected chi connectivity index (χ4v) is 2.57. The van der Waals surface area contributed by atoms with Crippen LogP contribution in [-0.2, 0) is 16.0 Å². The van der Waals surface area contributed by atoms with E-state index in [1.165, 1.54) is 15.6 Å². The van der Waals surface area contributed by atoms with Gasteiger partial charge in [0.05, 0.1) is 6.61 Å². The Bertz CT molecular complexity index is 490. The molecular weight excluding hydrogens is 224 g/mol. The minimum Gasteiger partial charge on any atom is -0.480 e. The van der Waals surface area contributed by atoms with Crippen LogP contribution in [0.5, 0.6) is 0 Å². The van der Waals surface area contributed by atoms with Crippen LogP contribution in [0.1, 0.15) is 5.56 Å². The van der Waals surface area contributed by atoms with Crippen LogP contribution in [0.15, 0.2) is 29.6 Å². The lowest BCUT2D eigenvalue weighted by molar-refractivity contribution is -0.142. The summed E-state index contributed by atoms with van der Waals surface area (Å²) < 4.78 is 6.28. The number of hydrogen-bond donors (Lipinski definition) is 1. The van der Waals surface area contributed by atoms with Crippen LogP contribution in [0.25, 0.3) is 10.1 Å². The summed E-state index contributed by atoms with van der Waals surface area (Å²) >= 11 is 1.71. The Hall–Kier alpha value is -1.39. The molecule has 1 heterocycles. The summed E-state index contributed by atoms with van der Waals surface area (Å²) in [4.78, 5) is 10.3. The zero-order valence-corrected chi connectivity index (χ0v) is 9.50. The molecule has 0 atom stereocenters. The third-order valence-corrected chi connectivity index (χ3v) is 3.31. The van der Waals surface area contributed by atoms with E-state index in [9.17, 15) is 4.79 Å². The molecule has 0 unspecified atom stereocenters. The van der Waals surface area contributed by atoms with Gasteiger partial charge < -0.3 is 9.84 Å². The van der Waals surface area contributed by atoms with Crippen molar-refractivity contribution in [1.29, 1.82) is 0 Å². The normalized spacial score (nSPS) is 10.8. The fourth-order valence-electron chi connectivity index (χ4n) is 1.57. The molecule has 3 nitrogen and oxygen atoms in total. The van der Waals surface area contributed by atoms with E-state index in [1.54, 1.807) is 11.3 Å². The summed E-state index contributed by atoms with van der Waals surface area (Å²) in [5, 5.41) is 11.8. The Morgan fingerprint density at radius 2 is 2.19 bits per heavy atom. The van der Waals surface area contributed by atoms with Gasteiger partial charge in [0.2, 0.25) is 0 Å². The fraction of sp³-hybridized carbons (Fsp3) is 0.250. The van der Waals surface area contributed by atoms with Crippen LogP contribution in [0.2, 0.25) is 0 Å². The van der Waals surface area contributed by atoms with Crippen LogP contribution in [0, 0.1) is 0 Å². The quantitative estimate of drug-likeness (QED) is 0.811. The lowest BCUT2D eigenvalue weighted by atomic mass is 10.1. The predicted molar refractivity (Wildman–Crippen MR) is 64.0 cm³/mol. The van der Waals surface area contributed by atoms with Crippen LogP contribution in [0.4, 0.5) is 0 Å². The Labute approximate surface area is 97.3 Å². The van der Waals surface area contributed by atoms with Crippen molar-refractivity contribution < 1.29 is 14.6 Å². The van der Waals surface area contributed by atoms with Gasteiger partial charge in [-0.15, -0.1) is 11.3 Å². The molecule has 2 aromatic rings. The molecule has 0 aliphatic rings. The van der Waals surface area contributed by atoms with Crippen molar-refractivity contribution in [3.63, 3.8) is 0 Å². The van der Waals surface area contributed by atoms with Crippen molar-refractivity contribution in [2.45, 2.75) is 6.42 Å². The molecular formula is C12H12O3S. The molecule has 1 aromatic heterocycles. The number of carbonyl (C=O) groups is 1. The molecule has 0 amide bonds. The standard InChI is InChI=1S/C12H12O3S/c13-12(14)7-15-6-5-9-8-16-11-4-2-1-3-10(9)11/h1-4,8H,5-7H2,(H,13,14). The van der Waals surface area contributed by atoms with E-state index in [0.29, 0.717) is 6.61 Å². The number of benzene rings is 1. The van der Waals surface area contributed by atoms with E-state index in [2.05, 4.69) is 17.5 Å². The van der Waals surface area contributed by atoms with Gasteiger partial charge in [-0.1, -0.05) is 18.2 Å². The third-order valence-electron chi connectivity index (χ3n) is 2.30. The first-order chi connectivity index (χ1) is 7.77. The second kappa shape index (κ2) is 5.09. The minimum atomic E-state index is -0.921. The van der Waals surface area contributed by atoms with Crippen molar-refractivity contribution in [1.82, 2.24) is 0 Å². The highest BCUT2D eigenvalue weighted by Crippen LogP contribution is 2.25. The van der Waals surface area contributed by atoms with Crippen molar-refractivity contribution in [3.8, 4) is 0 Å². The molecule has 0 aliphatic heterocycles. The second-order valence-corrected chi connectivity index (χ2v) is 4.36. The Morgan fingerprint density at radius 3 is 3.00 bits per heavy atom. The molecule has 0 saturated carbocycles. The molecule has 0 saturated heterocycles. The van der Waals surface area contributed by atoms with Crippen LogP contribution < -0.4 is 0 Å². The van der Waals surface area contributed by atoms with Crippen molar-refractivity contribution >= 4 is 27.4 Å². The van der Waals surface area contributed by atoms with E-state index in [1.807, 2.05) is 12.1 Å². The maximum absolute atomic E-state index is 10.3. The molecule has 4 heteroatoms. The van der Waals surface area contributed by atoms with E-state index in [0.717, 1.165) is 6.42 Å². The topological polar surface area (TPSA) is 46.5 Å². The third kappa shape index (κ3) is 2.59. The number of hydrogen-bond acceptors (Lipinski definition) is 3. The van der Waals surface area contributed by atoms with Gasteiger partial charge in [-0.2, -0.15) is 0 Å². The molecule has 16 heavy (non-hydrogen) atoms.